The lowest BCUT2D eigenvalue weighted by Crippen LogP contribution is -2.31. The topological polar surface area (TPSA) is 71.8 Å². The zero-order valence-corrected chi connectivity index (χ0v) is 22.1. The third-order valence-electron chi connectivity index (χ3n) is 6.21. The van der Waals surface area contributed by atoms with Crippen LogP contribution in [0.2, 0.25) is 5.02 Å². The van der Waals surface area contributed by atoms with E-state index in [1.54, 1.807) is 16.8 Å². The molecule has 4 aromatic rings. The Morgan fingerprint density at radius 3 is 2.59 bits per heavy atom. The second kappa shape index (κ2) is 10.4. The molecule has 1 atom stereocenters. The van der Waals surface area contributed by atoms with Crippen LogP contribution in [0.25, 0.3) is 0 Å². The molecule has 0 spiro atoms. The number of nitrogens with zero attached hydrogens (tertiary/aromatic N) is 3. The lowest BCUT2D eigenvalue weighted by Gasteiger charge is -2.28. The summed E-state index contributed by atoms with van der Waals surface area (Å²) in [5, 5.41) is 12.2. The summed E-state index contributed by atoms with van der Waals surface area (Å²) < 4.78 is 15.5. The number of aryl methyl sites for hydroxylation is 2. The summed E-state index contributed by atoms with van der Waals surface area (Å²) in [4.78, 5) is 18.3. The van der Waals surface area contributed by atoms with Crippen molar-refractivity contribution in [3.63, 3.8) is 0 Å². The first-order chi connectivity index (χ1) is 17.8. The van der Waals surface area contributed by atoms with Gasteiger partial charge in [0, 0.05) is 22.2 Å². The van der Waals surface area contributed by atoms with Crippen molar-refractivity contribution >= 4 is 40.9 Å². The maximum atomic E-state index is 13.8. The van der Waals surface area contributed by atoms with Crippen LogP contribution in [-0.2, 0) is 10.5 Å². The predicted molar refractivity (Wildman–Crippen MR) is 146 cm³/mol. The fourth-order valence-electron chi connectivity index (χ4n) is 4.34. The fraction of sp³-hybridized carbons (Fsp3) is 0.179. The SMILES string of the molecule is CC1=C(C(=O)Nc2ccc(C)cc2C)[C@@H](c2ccc(F)cc2)n2nc(SCc3ccccc3Cl)nc2N1. The molecule has 0 aliphatic carbocycles. The van der Waals surface area contributed by atoms with Crippen molar-refractivity contribution in [3.05, 3.63) is 111 Å². The number of allylic oxidation sites excluding steroid dienone is 1. The molecule has 6 nitrogen and oxygen atoms in total. The molecule has 0 bridgehead atoms. The number of rotatable bonds is 6. The highest BCUT2D eigenvalue weighted by atomic mass is 35.5. The Morgan fingerprint density at radius 2 is 1.86 bits per heavy atom. The van der Waals surface area contributed by atoms with Crippen LogP contribution in [-0.4, -0.2) is 20.7 Å². The highest BCUT2D eigenvalue weighted by Crippen LogP contribution is 2.37. The highest BCUT2D eigenvalue weighted by molar-refractivity contribution is 7.98. The molecule has 1 aromatic heterocycles. The van der Waals surface area contributed by atoms with Crippen molar-refractivity contribution in [2.45, 2.75) is 37.7 Å². The molecule has 1 amide bonds. The first kappa shape index (κ1) is 25.0. The molecule has 5 rings (SSSR count). The summed E-state index contributed by atoms with van der Waals surface area (Å²) >= 11 is 7.76. The number of fused-ring (bicyclic) bond motifs is 1. The number of nitrogens with one attached hydrogen (secondary N) is 2. The van der Waals surface area contributed by atoms with Crippen LogP contribution in [0, 0.1) is 19.7 Å². The van der Waals surface area contributed by atoms with Crippen LogP contribution in [0.5, 0.6) is 0 Å². The fourth-order valence-corrected chi connectivity index (χ4v) is 5.46. The molecule has 0 fully saturated rings. The molecule has 37 heavy (non-hydrogen) atoms. The molecule has 188 valence electrons. The van der Waals surface area contributed by atoms with Crippen LogP contribution >= 0.6 is 23.4 Å². The van der Waals surface area contributed by atoms with Crippen molar-refractivity contribution in [3.8, 4) is 0 Å². The molecule has 1 aliphatic heterocycles. The Hall–Kier alpha value is -3.62. The molecule has 1 aliphatic rings. The van der Waals surface area contributed by atoms with E-state index in [4.69, 9.17) is 16.7 Å². The van der Waals surface area contributed by atoms with Gasteiger partial charge in [0.2, 0.25) is 11.1 Å². The van der Waals surface area contributed by atoms with Crippen LogP contribution in [0.4, 0.5) is 16.0 Å². The molecule has 0 saturated carbocycles. The van der Waals surface area contributed by atoms with Crippen molar-refractivity contribution in [1.29, 1.82) is 0 Å². The van der Waals surface area contributed by atoms with Crippen LogP contribution < -0.4 is 10.6 Å². The Bertz CT molecular complexity index is 1520. The monoisotopic (exact) mass is 533 g/mol. The van der Waals surface area contributed by atoms with Gasteiger partial charge < -0.3 is 10.6 Å². The lowest BCUT2D eigenvalue weighted by molar-refractivity contribution is -0.113. The lowest BCUT2D eigenvalue weighted by atomic mass is 9.95. The smallest absolute Gasteiger partial charge is 0.255 e. The van der Waals surface area contributed by atoms with Crippen molar-refractivity contribution in [2.75, 3.05) is 10.6 Å². The van der Waals surface area contributed by atoms with Gasteiger partial charge >= 0.3 is 0 Å². The van der Waals surface area contributed by atoms with Crippen LogP contribution in [0.3, 0.4) is 0 Å². The van der Waals surface area contributed by atoms with Gasteiger partial charge in [0.15, 0.2) is 0 Å². The minimum absolute atomic E-state index is 0.266. The van der Waals surface area contributed by atoms with E-state index in [0.717, 1.165) is 27.9 Å². The molecule has 9 heteroatoms. The Morgan fingerprint density at radius 1 is 1.11 bits per heavy atom. The maximum Gasteiger partial charge on any atom is 0.255 e. The van der Waals surface area contributed by atoms with Crippen molar-refractivity contribution in [1.82, 2.24) is 14.8 Å². The molecule has 0 saturated heterocycles. The third-order valence-corrected chi connectivity index (χ3v) is 7.46. The summed E-state index contributed by atoms with van der Waals surface area (Å²) in [6.45, 7) is 5.80. The first-order valence-electron chi connectivity index (χ1n) is 11.7. The molecule has 3 aromatic carbocycles. The van der Waals surface area contributed by atoms with E-state index >= 15 is 0 Å². The van der Waals surface area contributed by atoms with E-state index in [2.05, 4.69) is 15.6 Å². The van der Waals surface area contributed by atoms with Gasteiger partial charge in [-0.1, -0.05) is 71.4 Å². The van der Waals surface area contributed by atoms with Crippen molar-refractivity contribution in [2.24, 2.45) is 0 Å². The van der Waals surface area contributed by atoms with E-state index in [1.165, 1.54) is 23.9 Å². The van der Waals surface area contributed by atoms with Gasteiger partial charge in [-0.05, 0) is 61.7 Å². The first-order valence-corrected chi connectivity index (χ1v) is 13.1. The largest absolute Gasteiger partial charge is 0.328 e. The van der Waals surface area contributed by atoms with Gasteiger partial charge in [-0.3, -0.25) is 4.79 Å². The minimum Gasteiger partial charge on any atom is -0.328 e. The van der Waals surface area contributed by atoms with E-state index < -0.39 is 6.04 Å². The summed E-state index contributed by atoms with van der Waals surface area (Å²) in [5.41, 5.74) is 5.64. The van der Waals surface area contributed by atoms with E-state index in [9.17, 15) is 9.18 Å². The van der Waals surface area contributed by atoms with Gasteiger partial charge in [0.25, 0.3) is 5.91 Å². The Balaban J connectivity index is 1.50. The van der Waals surface area contributed by atoms with E-state index in [-0.39, 0.29) is 11.7 Å². The predicted octanol–water partition coefficient (Wildman–Crippen LogP) is 6.91. The molecule has 2 N–H and O–H groups in total. The normalized spacial score (nSPS) is 14.8. The Kier molecular flexibility index (Phi) is 7.04. The molecular formula is C28H25ClFN5OS. The quantitative estimate of drug-likeness (QED) is 0.263. The summed E-state index contributed by atoms with van der Waals surface area (Å²) in [6, 6.07) is 19.0. The molecule has 0 radical (unpaired) electrons. The third kappa shape index (κ3) is 5.26. The molecule has 0 unspecified atom stereocenters. The second-order valence-corrected chi connectivity index (χ2v) is 10.3. The summed E-state index contributed by atoms with van der Waals surface area (Å²) in [5.74, 6) is 0.486. The number of anilines is 2. The standard InChI is InChI=1S/C28H25ClFN5OS/c1-16-8-13-23(17(2)14-16)32-26(36)24-18(3)31-27-33-28(37-15-20-6-4-5-7-22(20)29)34-35(27)25(24)19-9-11-21(30)12-10-19/h4-14,25H,15H2,1-3H3,(H,32,36)(H,31,33,34)/t25-/m1/s1. The maximum absolute atomic E-state index is 13.8. The number of halogens is 2. The highest BCUT2D eigenvalue weighted by Gasteiger charge is 2.34. The number of aromatic nitrogens is 3. The number of hydrogen-bond donors (Lipinski definition) is 2. The van der Waals surface area contributed by atoms with E-state index in [1.807, 2.05) is 63.2 Å². The van der Waals surface area contributed by atoms with Crippen molar-refractivity contribution < 1.29 is 9.18 Å². The number of hydrogen-bond acceptors (Lipinski definition) is 5. The average Bonchev–Trinajstić information content (AvgIpc) is 3.27. The number of benzene rings is 3. The van der Waals surface area contributed by atoms with Gasteiger partial charge in [0.05, 0.1) is 5.57 Å². The molecule has 2 heterocycles. The zero-order valence-electron chi connectivity index (χ0n) is 20.5. The molecular weight excluding hydrogens is 509 g/mol. The number of carbonyl (C=O) groups excluding carboxylic acids is 1. The second-order valence-electron chi connectivity index (χ2n) is 8.93. The van der Waals surface area contributed by atoms with E-state index in [0.29, 0.717) is 33.2 Å². The van der Waals surface area contributed by atoms with Gasteiger partial charge in [-0.15, -0.1) is 5.10 Å². The van der Waals surface area contributed by atoms with Gasteiger partial charge in [-0.25, -0.2) is 9.07 Å². The number of thioether (sulfide) groups is 1. The van der Waals surface area contributed by atoms with Crippen LogP contribution in [0.15, 0.2) is 83.2 Å². The number of carbonyl (C=O) groups is 1. The minimum atomic E-state index is -0.593. The van der Waals surface area contributed by atoms with Gasteiger partial charge in [-0.2, -0.15) is 4.98 Å². The summed E-state index contributed by atoms with van der Waals surface area (Å²) in [7, 11) is 0. The van der Waals surface area contributed by atoms with Crippen LogP contribution in [0.1, 0.15) is 35.2 Å². The average molecular weight is 534 g/mol. The Labute approximate surface area is 224 Å². The van der Waals surface area contributed by atoms with Gasteiger partial charge in [0.1, 0.15) is 11.9 Å². The zero-order chi connectivity index (χ0) is 26.1. The number of amides is 1. The summed E-state index contributed by atoms with van der Waals surface area (Å²) in [6.07, 6.45) is 0.